The molecule has 1 aliphatic heterocycles. The highest BCUT2D eigenvalue weighted by molar-refractivity contribution is 5.96. The molecule has 0 atom stereocenters. The van der Waals surface area contributed by atoms with Gasteiger partial charge in [-0.25, -0.2) is 5.84 Å². The lowest BCUT2D eigenvalue weighted by Crippen LogP contribution is -2.36. The number of amides is 1. The molecule has 1 aromatic carbocycles. The number of nitrogen functional groups attached to an aromatic ring is 1. The number of carbonyl (C=O) groups is 1. The maximum atomic E-state index is 11.6. The number of ether oxygens (including phenoxy) is 1. The van der Waals surface area contributed by atoms with Gasteiger partial charge in [-0.3, -0.25) is 15.1 Å². The molecular formula is C15H23N3O2. The van der Waals surface area contributed by atoms with Crippen molar-refractivity contribution in [3.8, 4) is 5.75 Å². The van der Waals surface area contributed by atoms with Crippen LogP contribution in [0.2, 0.25) is 0 Å². The highest BCUT2D eigenvalue weighted by Gasteiger charge is 2.16. The average molecular weight is 277 g/mol. The molecule has 2 rings (SSSR count). The van der Waals surface area contributed by atoms with Gasteiger partial charge in [-0.2, -0.15) is 0 Å². The fourth-order valence-electron chi connectivity index (χ4n) is 2.43. The van der Waals surface area contributed by atoms with Crippen LogP contribution in [0, 0.1) is 5.92 Å². The smallest absolute Gasteiger partial charge is 0.268 e. The normalized spacial score (nSPS) is 16.9. The van der Waals surface area contributed by atoms with E-state index >= 15 is 0 Å². The number of para-hydroxylation sites is 1. The van der Waals surface area contributed by atoms with Crippen LogP contribution in [-0.2, 0) is 0 Å². The van der Waals surface area contributed by atoms with E-state index in [2.05, 4.69) is 17.2 Å². The summed E-state index contributed by atoms with van der Waals surface area (Å²) in [6.45, 7) is 6.05. The van der Waals surface area contributed by atoms with Crippen LogP contribution in [0.15, 0.2) is 24.3 Å². The van der Waals surface area contributed by atoms with Crippen molar-refractivity contribution in [2.24, 2.45) is 11.8 Å². The summed E-state index contributed by atoms with van der Waals surface area (Å²) >= 11 is 0. The molecule has 0 saturated carbocycles. The predicted molar refractivity (Wildman–Crippen MR) is 78.4 cm³/mol. The molecule has 110 valence electrons. The Morgan fingerprint density at radius 3 is 2.80 bits per heavy atom. The number of hydrazine groups is 1. The van der Waals surface area contributed by atoms with Crippen molar-refractivity contribution in [1.29, 1.82) is 0 Å². The molecule has 0 unspecified atom stereocenters. The summed E-state index contributed by atoms with van der Waals surface area (Å²) < 4.78 is 5.73. The van der Waals surface area contributed by atoms with Crippen LogP contribution in [-0.4, -0.2) is 37.0 Å². The highest BCUT2D eigenvalue weighted by Crippen LogP contribution is 2.18. The van der Waals surface area contributed by atoms with Crippen LogP contribution >= 0.6 is 0 Å². The van der Waals surface area contributed by atoms with Crippen molar-refractivity contribution >= 4 is 5.91 Å². The number of likely N-dealkylation sites (tertiary alicyclic amines) is 1. The second-order valence-electron chi connectivity index (χ2n) is 5.34. The molecule has 5 nitrogen and oxygen atoms in total. The van der Waals surface area contributed by atoms with Gasteiger partial charge in [0.25, 0.3) is 5.91 Å². The molecule has 0 radical (unpaired) electrons. The Morgan fingerprint density at radius 2 is 2.10 bits per heavy atom. The van der Waals surface area contributed by atoms with Crippen LogP contribution < -0.4 is 16.0 Å². The predicted octanol–water partition coefficient (Wildman–Crippen LogP) is 1.40. The first-order valence-electron chi connectivity index (χ1n) is 7.16. The number of hydrogen-bond donors (Lipinski definition) is 2. The molecule has 1 saturated heterocycles. The van der Waals surface area contributed by atoms with Crippen LogP contribution in [0.25, 0.3) is 0 Å². The monoisotopic (exact) mass is 277 g/mol. The van der Waals surface area contributed by atoms with Gasteiger partial charge in [0.2, 0.25) is 0 Å². The van der Waals surface area contributed by atoms with E-state index in [0.717, 1.165) is 25.6 Å². The lowest BCUT2D eigenvalue weighted by atomic mass is 9.99. The molecule has 1 fully saturated rings. The van der Waals surface area contributed by atoms with E-state index in [1.807, 2.05) is 6.07 Å². The fraction of sp³-hybridized carbons (Fsp3) is 0.533. The third-order valence-electron chi connectivity index (χ3n) is 3.80. The van der Waals surface area contributed by atoms with Gasteiger partial charge < -0.3 is 4.74 Å². The van der Waals surface area contributed by atoms with E-state index in [1.54, 1.807) is 18.2 Å². The number of nitrogens with zero attached hydrogens (tertiary/aromatic N) is 1. The highest BCUT2D eigenvalue weighted by atomic mass is 16.5. The third-order valence-corrected chi connectivity index (χ3v) is 3.80. The summed E-state index contributed by atoms with van der Waals surface area (Å²) in [6, 6.07) is 7.15. The van der Waals surface area contributed by atoms with E-state index < -0.39 is 0 Å². The minimum Gasteiger partial charge on any atom is -0.491 e. The van der Waals surface area contributed by atoms with Crippen molar-refractivity contribution in [3.05, 3.63) is 29.8 Å². The van der Waals surface area contributed by atoms with Crippen LogP contribution in [0.1, 0.15) is 30.1 Å². The average Bonchev–Trinajstić information content (AvgIpc) is 2.49. The Balaban J connectivity index is 1.83. The lowest BCUT2D eigenvalue weighted by molar-refractivity contribution is 0.0948. The number of carbonyl (C=O) groups excluding carboxylic acids is 1. The summed E-state index contributed by atoms with van der Waals surface area (Å²) in [7, 11) is 0. The first-order valence-corrected chi connectivity index (χ1v) is 7.16. The number of nitrogens with one attached hydrogen (secondary N) is 1. The Morgan fingerprint density at radius 1 is 1.40 bits per heavy atom. The zero-order valence-electron chi connectivity index (χ0n) is 12.0. The lowest BCUT2D eigenvalue weighted by Gasteiger charge is -2.30. The molecular weight excluding hydrogens is 254 g/mol. The fourth-order valence-corrected chi connectivity index (χ4v) is 2.43. The van der Waals surface area contributed by atoms with Crippen molar-refractivity contribution in [1.82, 2.24) is 10.3 Å². The molecule has 3 N–H and O–H groups in total. The van der Waals surface area contributed by atoms with Gasteiger partial charge in [0.1, 0.15) is 12.4 Å². The van der Waals surface area contributed by atoms with Gasteiger partial charge in [0, 0.05) is 6.54 Å². The first-order chi connectivity index (χ1) is 9.70. The summed E-state index contributed by atoms with van der Waals surface area (Å²) in [5.41, 5.74) is 2.61. The summed E-state index contributed by atoms with van der Waals surface area (Å²) in [6.07, 6.45) is 2.51. The van der Waals surface area contributed by atoms with Gasteiger partial charge in [0.15, 0.2) is 0 Å². The van der Waals surface area contributed by atoms with Gasteiger partial charge in [0.05, 0.1) is 5.56 Å². The summed E-state index contributed by atoms with van der Waals surface area (Å²) in [4.78, 5) is 14.0. The molecule has 5 heteroatoms. The van der Waals surface area contributed by atoms with E-state index in [4.69, 9.17) is 10.6 Å². The summed E-state index contributed by atoms with van der Waals surface area (Å²) in [5, 5.41) is 0. The van der Waals surface area contributed by atoms with Gasteiger partial charge >= 0.3 is 0 Å². The second-order valence-corrected chi connectivity index (χ2v) is 5.34. The molecule has 0 bridgehead atoms. The molecule has 0 aliphatic carbocycles. The molecule has 0 aromatic heterocycles. The molecule has 1 aliphatic rings. The topological polar surface area (TPSA) is 67.6 Å². The molecule has 20 heavy (non-hydrogen) atoms. The number of piperidine rings is 1. The van der Waals surface area contributed by atoms with Crippen LogP contribution in [0.3, 0.4) is 0 Å². The Labute approximate surface area is 120 Å². The van der Waals surface area contributed by atoms with Gasteiger partial charge in [-0.05, 0) is 44.0 Å². The first kappa shape index (κ1) is 14.8. The Hall–Kier alpha value is -1.59. The van der Waals surface area contributed by atoms with E-state index in [9.17, 15) is 4.79 Å². The van der Waals surface area contributed by atoms with Gasteiger partial charge in [-0.1, -0.05) is 19.1 Å². The standard InChI is InChI=1S/C15H23N3O2/c1-12-6-8-18(9-7-12)10-11-20-14-5-3-2-4-13(14)15(19)17-16/h2-5,12H,6-11,16H2,1H3,(H,17,19). The van der Waals surface area contributed by atoms with Crippen molar-refractivity contribution in [3.63, 3.8) is 0 Å². The number of benzene rings is 1. The minimum absolute atomic E-state index is 0.326. The minimum atomic E-state index is -0.326. The second kappa shape index (κ2) is 7.26. The SMILES string of the molecule is CC1CCN(CCOc2ccccc2C(=O)NN)CC1. The zero-order valence-corrected chi connectivity index (χ0v) is 12.0. The van der Waals surface area contributed by atoms with Crippen molar-refractivity contribution in [2.45, 2.75) is 19.8 Å². The van der Waals surface area contributed by atoms with Crippen LogP contribution in [0.5, 0.6) is 5.75 Å². The zero-order chi connectivity index (χ0) is 14.4. The van der Waals surface area contributed by atoms with Gasteiger partial charge in [-0.15, -0.1) is 0 Å². The Bertz CT molecular complexity index is 442. The van der Waals surface area contributed by atoms with E-state index in [1.165, 1.54) is 12.8 Å². The largest absolute Gasteiger partial charge is 0.491 e. The van der Waals surface area contributed by atoms with E-state index in [0.29, 0.717) is 17.9 Å². The number of rotatable bonds is 5. The molecule has 0 spiro atoms. The van der Waals surface area contributed by atoms with Crippen LogP contribution in [0.4, 0.5) is 0 Å². The Kier molecular flexibility index (Phi) is 5.38. The maximum Gasteiger partial charge on any atom is 0.268 e. The number of hydrogen-bond acceptors (Lipinski definition) is 4. The summed E-state index contributed by atoms with van der Waals surface area (Å²) in [5.74, 6) is 6.26. The molecule has 1 aromatic rings. The third kappa shape index (κ3) is 3.95. The van der Waals surface area contributed by atoms with E-state index in [-0.39, 0.29) is 5.91 Å². The number of nitrogens with two attached hydrogens (primary N) is 1. The molecule has 1 heterocycles. The maximum absolute atomic E-state index is 11.6. The van der Waals surface area contributed by atoms with Crippen molar-refractivity contribution in [2.75, 3.05) is 26.2 Å². The quantitative estimate of drug-likeness (QED) is 0.485. The van der Waals surface area contributed by atoms with Crippen molar-refractivity contribution < 1.29 is 9.53 Å². The molecule has 1 amide bonds.